The van der Waals surface area contributed by atoms with Crippen LogP contribution in [0.3, 0.4) is 0 Å². The molecule has 2 nitrogen and oxygen atoms in total. The van der Waals surface area contributed by atoms with Gasteiger partial charge in [0.1, 0.15) is 0 Å². The molecule has 5 heavy (non-hydrogen) atoms. The minimum Gasteiger partial charge on any atom is -0.232 e. The number of hydrogen-bond donors (Lipinski definition) is 1. The molecule has 32 valence electrons. The second-order valence-corrected chi connectivity index (χ2v) is 0.954. The van der Waals surface area contributed by atoms with Crippen molar-refractivity contribution in [3.05, 3.63) is 0 Å². The summed E-state index contributed by atoms with van der Waals surface area (Å²) in [7, 11) is 1.72. The van der Waals surface area contributed by atoms with E-state index < -0.39 is 0 Å². The van der Waals surface area contributed by atoms with Crippen molar-refractivity contribution in [1.29, 1.82) is 0 Å². The van der Waals surface area contributed by atoms with Crippen LogP contribution in [0.5, 0.6) is 0 Å². The van der Waals surface area contributed by atoms with Crippen LogP contribution in [0.4, 0.5) is 0 Å². The lowest BCUT2D eigenvalue weighted by Gasteiger charge is -1.86. The summed E-state index contributed by atoms with van der Waals surface area (Å²) in [6.07, 6.45) is 1.84. The van der Waals surface area contributed by atoms with E-state index in [4.69, 9.17) is 0 Å². The third kappa shape index (κ3) is 4.27. The predicted octanol–water partition coefficient (Wildman–Crippen LogP) is 0.415. The number of hydroxylamine groups is 1. The fraction of sp³-hybridized carbons (Fsp3) is 1.00. The Morgan fingerprint density at radius 3 is 2.40 bits per heavy atom. The van der Waals surface area contributed by atoms with Crippen molar-refractivity contribution in [3.8, 4) is 0 Å². The van der Waals surface area contributed by atoms with E-state index >= 15 is 0 Å². The van der Waals surface area contributed by atoms with Crippen molar-refractivity contribution >= 4 is 12.0 Å². The molecule has 0 radical (unpaired) electrons. The molecule has 0 saturated heterocycles. The maximum atomic E-state index is 4.50. The molecule has 0 atom stereocenters. The molecule has 0 unspecified atom stereocenters. The Hall–Kier alpha value is 0.270. The van der Waals surface area contributed by atoms with E-state index in [2.05, 4.69) is 9.76 Å². The zero-order valence-corrected chi connectivity index (χ0v) is 4.13. The largest absolute Gasteiger partial charge is 0.232 e. The van der Waals surface area contributed by atoms with E-state index in [9.17, 15) is 0 Å². The minimum atomic E-state index is 1.29. The highest BCUT2D eigenvalue weighted by Crippen LogP contribution is 1.84. The summed E-state index contributed by atoms with van der Waals surface area (Å²) in [5.41, 5.74) is 2.48. The van der Waals surface area contributed by atoms with Gasteiger partial charge in [-0.05, 0) is 0 Å². The summed E-state index contributed by atoms with van der Waals surface area (Å²) >= 11 is 1.29. The molecule has 0 rings (SSSR count). The SMILES string of the molecule is CNOSC. The fourth-order valence-electron chi connectivity index (χ4n) is 0.0833. The van der Waals surface area contributed by atoms with Crippen LogP contribution in [0.25, 0.3) is 0 Å². The van der Waals surface area contributed by atoms with Gasteiger partial charge in [-0.1, -0.05) is 0 Å². The molecule has 0 fully saturated rings. The lowest BCUT2D eigenvalue weighted by Crippen LogP contribution is -1.98. The average Bonchev–Trinajstić information content (AvgIpc) is 1.41. The van der Waals surface area contributed by atoms with Crippen LogP contribution in [0.1, 0.15) is 0 Å². The molecule has 1 N–H and O–H groups in total. The summed E-state index contributed by atoms with van der Waals surface area (Å²) in [4.78, 5) is 0. The van der Waals surface area contributed by atoms with Crippen molar-refractivity contribution in [1.82, 2.24) is 5.48 Å². The Bertz CT molecular complexity index is 17.1. The highest BCUT2D eigenvalue weighted by Gasteiger charge is 1.62. The normalized spacial score (nSPS) is 8.40. The van der Waals surface area contributed by atoms with Crippen LogP contribution in [-0.2, 0) is 4.28 Å². The molecule has 0 bridgehead atoms. The zero-order chi connectivity index (χ0) is 4.12. The van der Waals surface area contributed by atoms with Gasteiger partial charge in [0.2, 0.25) is 0 Å². The highest BCUT2D eigenvalue weighted by molar-refractivity contribution is 7.93. The number of rotatable bonds is 2. The number of hydrogen-bond acceptors (Lipinski definition) is 3. The third-order valence-electron chi connectivity index (χ3n) is 0.167. The van der Waals surface area contributed by atoms with Gasteiger partial charge in [-0.15, -0.1) is 0 Å². The van der Waals surface area contributed by atoms with Crippen LogP contribution in [0.2, 0.25) is 0 Å². The van der Waals surface area contributed by atoms with Crippen molar-refractivity contribution in [2.75, 3.05) is 13.3 Å². The Balaban J connectivity index is 2.19. The smallest absolute Gasteiger partial charge is 0.0121 e. The molecular weight excluding hydrogens is 86.1 g/mol. The first-order valence-corrected chi connectivity index (χ1v) is 2.43. The Morgan fingerprint density at radius 1 is 1.80 bits per heavy atom. The Kier molecular flexibility index (Phi) is 4.50. The summed E-state index contributed by atoms with van der Waals surface area (Å²) in [5.74, 6) is 0. The Morgan fingerprint density at radius 2 is 2.40 bits per heavy atom. The summed E-state index contributed by atoms with van der Waals surface area (Å²) < 4.78 is 4.50. The number of nitrogens with one attached hydrogen (secondary N) is 1. The summed E-state index contributed by atoms with van der Waals surface area (Å²) in [6.45, 7) is 0. The fourth-order valence-corrected chi connectivity index (χ4v) is 0.250. The first-order valence-electron chi connectivity index (χ1n) is 1.28. The highest BCUT2D eigenvalue weighted by atomic mass is 32.2. The average molecular weight is 93.2 g/mol. The van der Waals surface area contributed by atoms with E-state index in [0.717, 1.165) is 0 Å². The van der Waals surface area contributed by atoms with Crippen LogP contribution >= 0.6 is 12.0 Å². The molecular formula is C2H7NOS. The molecule has 0 saturated carbocycles. The van der Waals surface area contributed by atoms with Gasteiger partial charge in [0.15, 0.2) is 0 Å². The van der Waals surface area contributed by atoms with Crippen molar-refractivity contribution in [2.24, 2.45) is 0 Å². The van der Waals surface area contributed by atoms with Gasteiger partial charge in [0.05, 0.1) is 0 Å². The van der Waals surface area contributed by atoms with Crippen LogP contribution in [0.15, 0.2) is 0 Å². The lowest BCUT2D eigenvalue weighted by molar-refractivity contribution is 0.273. The van der Waals surface area contributed by atoms with Gasteiger partial charge in [-0.3, -0.25) is 0 Å². The monoisotopic (exact) mass is 93.0 g/mol. The maximum Gasteiger partial charge on any atom is 0.0121 e. The summed E-state index contributed by atoms with van der Waals surface area (Å²) in [6, 6.07) is 0. The first kappa shape index (κ1) is 5.27. The van der Waals surface area contributed by atoms with Gasteiger partial charge < -0.3 is 0 Å². The minimum absolute atomic E-state index is 1.29. The molecule has 0 aromatic heterocycles. The van der Waals surface area contributed by atoms with Gasteiger partial charge >= 0.3 is 0 Å². The van der Waals surface area contributed by atoms with Crippen molar-refractivity contribution in [2.45, 2.75) is 0 Å². The second-order valence-electron chi connectivity index (χ2n) is 0.454. The molecule has 0 aliphatic heterocycles. The molecule has 0 aromatic rings. The van der Waals surface area contributed by atoms with Gasteiger partial charge in [0, 0.05) is 25.3 Å². The molecule has 0 heterocycles. The molecule has 0 amide bonds. The quantitative estimate of drug-likeness (QED) is 0.395. The third-order valence-corrected chi connectivity index (χ3v) is 0.500. The first-order chi connectivity index (χ1) is 2.41. The van der Waals surface area contributed by atoms with Crippen LogP contribution in [-0.4, -0.2) is 13.3 Å². The predicted molar refractivity (Wildman–Crippen MR) is 23.7 cm³/mol. The van der Waals surface area contributed by atoms with E-state index in [1.807, 2.05) is 6.26 Å². The van der Waals surface area contributed by atoms with Crippen molar-refractivity contribution < 1.29 is 4.28 Å². The standard InChI is InChI=1S/C2H7NOS/c1-3-4-5-2/h3H,1-2H3. The molecule has 3 heteroatoms. The van der Waals surface area contributed by atoms with E-state index in [0.29, 0.717) is 0 Å². The zero-order valence-electron chi connectivity index (χ0n) is 3.32. The van der Waals surface area contributed by atoms with Crippen LogP contribution in [0, 0.1) is 0 Å². The van der Waals surface area contributed by atoms with E-state index in [1.54, 1.807) is 7.05 Å². The molecule has 0 aliphatic carbocycles. The molecule has 0 spiro atoms. The topological polar surface area (TPSA) is 21.3 Å². The maximum absolute atomic E-state index is 4.50. The molecule has 0 aromatic carbocycles. The van der Waals surface area contributed by atoms with Crippen molar-refractivity contribution in [3.63, 3.8) is 0 Å². The molecule has 0 aliphatic rings. The van der Waals surface area contributed by atoms with E-state index in [-0.39, 0.29) is 0 Å². The van der Waals surface area contributed by atoms with Crippen LogP contribution < -0.4 is 5.48 Å². The van der Waals surface area contributed by atoms with Gasteiger partial charge in [-0.25, -0.2) is 4.28 Å². The van der Waals surface area contributed by atoms with Gasteiger partial charge in [-0.2, -0.15) is 5.48 Å². The Labute approximate surface area is 36.1 Å². The van der Waals surface area contributed by atoms with Gasteiger partial charge in [0.25, 0.3) is 0 Å². The lowest BCUT2D eigenvalue weighted by atomic mass is 11.6. The van der Waals surface area contributed by atoms with E-state index in [1.165, 1.54) is 12.0 Å². The second kappa shape index (κ2) is 4.27. The summed E-state index contributed by atoms with van der Waals surface area (Å²) in [5, 5.41) is 0.